The fourth-order valence-electron chi connectivity index (χ4n) is 2.26. The normalized spacial score (nSPS) is 11.1. The van der Waals surface area contributed by atoms with E-state index >= 15 is 0 Å². The molecular formula is C16H11BrCl2N2. The third-order valence-electron chi connectivity index (χ3n) is 3.31. The molecule has 0 saturated heterocycles. The predicted octanol–water partition coefficient (Wildman–Crippen LogP) is 5.98. The molecule has 0 saturated carbocycles. The maximum Gasteiger partial charge on any atom is 0.161 e. The zero-order chi connectivity index (χ0) is 15.1. The summed E-state index contributed by atoms with van der Waals surface area (Å²) in [5, 5.41) is 1.96. The minimum absolute atomic E-state index is 0.447. The maximum absolute atomic E-state index is 6.32. The highest BCUT2D eigenvalue weighted by Gasteiger charge is 2.12. The summed E-state index contributed by atoms with van der Waals surface area (Å²) in [6.45, 7) is 3.99. The van der Waals surface area contributed by atoms with Crippen molar-refractivity contribution in [2.75, 3.05) is 0 Å². The molecule has 21 heavy (non-hydrogen) atoms. The molecule has 0 bridgehead atoms. The summed E-state index contributed by atoms with van der Waals surface area (Å²) < 4.78 is 0.998. The Kier molecular flexibility index (Phi) is 3.91. The first kappa shape index (κ1) is 14.8. The molecule has 106 valence electrons. The van der Waals surface area contributed by atoms with Crippen molar-refractivity contribution in [2.45, 2.75) is 13.8 Å². The van der Waals surface area contributed by atoms with E-state index < -0.39 is 0 Å². The molecule has 1 heterocycles. The van der Waals surface area contributed by atoms with Gasteiger partial charge < -0.3 is 0 Å². The third kappa shape index (κ3) is 2.78. The highest BCUT2D eigenvalue weighted by molar-refractivity contribution is 9.10. The zero-order valence-electron chi connectivity index (χ0n) is 11.4. The summed E-state index contributed by atoms with van der Waals surface area (Å²) in [6, 6.07) is 9.61. The van der Waals surface area contributed by atoms with Crippen LogP contribution in [0.3, 0.4) is 0 Å². The van der Waals surface area contributed by atoms with Gasteiger partial charge in [-0.3, -0.25) is 0 Å². The topological polar surface area (TPSA) is 25.8 Å². The second-order valence-electron chi connectivity index (χ2n) is 4.92. The van der Waals surface area contributed by atoms with E-state index in [1.54, 1.807) is 0 Å². The number of benzene rings is 2. The molecule has 2 nitrogen and oxygen atoms in total. The smallest absolute Gasteiger partial charge is 0.161 e. The van der Waals surface area contributed by atoms with Crippen molar-refractivity contribution in [3.63, 3.8) is 0 Å². The monoisotopic (exact) mass is 380 g/mol. The lowest BCUT2D eigenvalue weighted by atomic mass is 10.1. The lowest BCUT2D eigenvalue weighted by molar-refractivity contribution is 1.21. The van der Waals surface area contributed by atoms with E-state index in [-0.39, 0.29) is 0 Å². The SMILES string of the molecule is Cc1cc(Cl)cc(-c2nc(Cl)c3ccc(Br)c(C)c3n2)c1. The van der Waals surface area contributed by atoms with Crippen LogP contribution in [-0.2, 0) is 0 Å². The zero-order valence-corrected chi connectivity index (χ0v) is 14.5. The Labute approximate surface area is 141 Å². The molecule has 0 unspecified atom stereocenters. The minimum atomic E-state index is 0.447. The Morgan fingerprint density at radius 3 is 2.48 bits per heavy atom. The fourth-order valence-corrected chi connectivity index (χ4v) is 3.11. The molecule has 0 radical (unpaired) electrons. The third-order valence-corrected chi connectivity index (χ3v) is 4.67. The summed E-state index contributed by atoms with van der Waals surface area (Å²) in [4.78, 5) is 9.07. The maximum atomic E-state index is 6.32. The molecular weight excluding hydrogens is 371 g/mol. The second kappa shape index (κ2) is 5.56. The highest BCUT2D eigenvalue weighted by atomic mass is 79.9. The fraction of sp³-hybridized carbons (Fsp3) is 0.125. The summed E-state index contributed by atoms with van der Waals surface area (Å²) >= 11 is 16.0. The predicted molar refractivity (Wildman–Crippen MR) is 92.2 cm³/mol. The van der Waals surface area contributed by atoms with Crippen LogP contribution in [0.25, 0.3) is 22.3 Å². The van der Waals surface area contributed by atoms with Crippen molar-refractivity contribution in [3.05, 3.63) is 56.1 Å². The largest absolute Gasteiger partial charge is 0.228 e. The molecule has 0 amide bonds. The number of halogens is 3. The molecule has 0 aliphatic rings. The van der Waals surface area contributed by atoms with Crippen molar-refractivity contribution >= 4 is 50.0 Å². The lowest BCUT2D eigenvalue weighted by Gasteiger charge is -2.09. The van der Waals surface area contributed by atoms with Crippen molar-refractivity contribution < 1.29 is 0 Å². The van der Waals surface area contributed by atoms with Crippen LogP contribution in [0.1, 0.15) is 11.1 Å². The number of aromatic nitrogens is 2. The van der Waals surface area contributed by atoms with Gasteiger partial charge in [-0.15, -0.1) is 0 Å². The van der Waals surface area contributed by atoms with Gasteiger partial charge >= 0.3 is 0 Å². The van der Waals surface area contributed by atoms with Crippen molar-refractivity contribution in [3.8, 4) is 11.4 Å². The van der Waals surface area contributed by atoms with Crippen LogP contribution in [0.2, 0.25) is 10.2 Å². The number of nitrogens with zero attached hydrogens (tertiary/aromatic N) is 2. The first-order valence-corrected chi connectivity index (χ1v) is 7.90. The number of fused-ring (bicyclic) bond motifs is 1. The van der Waals surface area contributed by atoms with Gasteiger partial charge in [0.05, 0.1) is 5.52 Å². The van der Waals surface area contributed by atoms with Gasteiger partial charge in [-0.05, 0) is 55.3 Å². The van der Waals surface area contributed by atoms with Crippen molar-refractivity contribution in [2.24, 2.45) is 0 Å². The Morgan fingerprint density at radius 2 is 1.76 bits per heavy atom. The van der Waals surface area contributed by atoms with Crippen LogP contribution in [0.4, 0.5) is 0 Å². The average molecular weight is 382 g/mol. The van der Waals surface area contributed by atoms with E-state index in [2.05, 4.69) is 25.9 Å². The molecule has 1 aromatic heterocycles. The van der Waals surface area contributed by atoms with Gasteiger partial charge in [-0.1, -0.05) is 39.1 Å². The summed E-state index contributed by atoms with van der Waals surface area (Å²) in [5.74, 6) is 0.583. The van der Waals surface area contributed by atoms with E-state index in [1.807, 2.05) is 44.2 Å². The Bertz CT molecular complexity index is 842. The molecule has 0 aliphatic heterocycles. The van der Waals surface area contributed by atoms with E-state index in [0.717, 1.165) is 32.1 Å². The minimum Gasteiger partial charge on any atom is -0.228 e. The number of hydrogen-bond acceptors (Lipinski definition) is 2. The molecule has 3 aromatic rings. The van der Waals surface area contributed by atoms with Gasteiger partial charge in [0.25, 0.3) is 0 Å². The summed E-state index contributed by atoms with van der Waals surface area (Å²) in [7, 11) is 0. The first-order chi connectivity index (χ1) is 9.95. The summed E-state index contributed by atoms with van der Waals surface area (Å²) in [5.41, 5.74) is 3.81. The van der Waals surface area contributed by atoms with Gasteiger partial charge in [0, 0.05) is 20.4 Å². The van der Waals surface area contributed by atoms with Crippen LogP contribution in [0.5, 0.6) is 0 Å². The Balaban J connectivity index is 2.31. The van der Waals surface area contributed by atoms with Crippen LogP contribution < -0.4 is 0 Å². The Hall–Kier alpha value is -1.16. The molecule has 5 heteroatoms. The van der Waals surface area contributed by atoms with Gasteiger partial charge in [0.15, 0.2) is 5.82 Å². The van der Waals surface area contributed by atoms with E-state index in [4.69, 9.17) is 23.2 Å². The number of hydrogen-bond donors (Lipinski definition) is 0. The standard InChI is InChI=1S/C16H11BrCl2N2/c1-8-5-10(7-11(18)6-8)16-20-14-9(2)13(17)4-3-12(14)15(19)21-16/h3-7H,1-2H3. The molecule has 3 rings (SSSR count). The molecule has 0 atom stereocenters. The second-order valence-corrected chi connectivity index (χ2v) is 6.57. The van der Waals surface area contributed by atoms with Crippen LogP contribution in [0, 0.1) is 13.8 Å². The summed E-state index contributed by atoms with van der Waals surface area (Å²) in [6.07, 6.45) is 0. The van der Waals surface area contributed by atoms with E-state index in [1.165, 1.54) is 0 Å². The van der Waals surface area contributed by atoms with E-state index in [0.29, 0.717) is 16.0 Å². The highest BCUT2D eigenvalue weighted by Crippen LogP contribution is 2.31. The molecule has 2 aromatic carbocycles. The number of aryl methyl sites for hydroxylation is 2. The van der Waals surface area contributed by atoms with E-state index in [9.17, 15) is 0 Å². The average Bonchev–Trinajstić information content (AvgIpc) is 2.42. The quantitative estimate of drug-likeness (QED) is 0.484. The van der Waals surface area contributed by atoms with Gasteiger partial charge in [0.1, 0.15) is 5.15 Å². The van der Waals surface area contributed by atoms with Crippen molar-refractivity contribution in [1.82, 2.24) is 9.97 Å². The Morgan fingerprint density at radius 1 is 1.00 bits per heavy atom. The number of rotatable bonds is 1. The van der Waals surface area contributed by atoms with Gasteiger partial charge in [0.2, 0.25) is 0 Å². The lowest BCUT2D eigenvalue weighted by Crippen LogP contribution is -1.94. The van der Waals surface area contributed by atoms with Crippen LogP contribution >= 0.6 is 39.1 Å². The van der Waals surface area contributed by atoms with Crippen LogP contribution in [-0.4, -0.2) is 9.97 Å². The van der Waals surface area contributed by atoms with Crippen LogP contribution in [0.15, 0.2) is 34.8 Å². The molecule has 0 aliphatic carbocycles. The van der Waals surface area contributed by atoms with Gasteiger partial charge in [-0.25, -0.2) is 9.97 Å². The first-order valence-electron chi connectivity index (χ1n) is 6.35. The molecule has 0 spiro atoms. The molecule has 0 N–H and O–H groups in total. The van der Waals surface area contributed by atoms with Gasteiger partial charge in [-0.2, -0.15) is 0 Å². The molecule has 0 fully saturated rings. The van der Waals surface area contributed by atoms with Crippen molar-refractivity contribution in [1.29, 1.82) is 0 Å².